The van der Waals surface area contributed by atoms with Gasteiger partial charge in [-0.25, -0.2) is 0 Å². The number of aromatic nitrogens is 2. The normalized spacial score (nSPS) is 13.2. The van der Waals surface area contributed by atoms with E-state index in [1.165, 1.54) is 6.07 Å². The molecule has 0 aliphatic heterocycles. The molecular formula is C19H27F3IN5O. The molecule has 1 aromatic heterocycles. The second-order valence-electron chi connectivity index (χ2n) is 6.70. The standard InChI is InChI=1S/C19H26F3N5O.HI/c1-5-23-18(24-10-9-16-26-17(12(2)3)27-28-16)25-13(4)14-7-6-8-15(11-14)19(20,21)22;/h6-8,11-13H,5,9-10H2,1-4H3,(H2,23,24,25);1H. The summed E-state index contributed by atoms with van der Waals surface area (Å²) in [6.45, 7) is 8.70. The molecule has 1 aromatic carbocycles. The zero-order valence-electron chi connectivity index (χ0n) is 16.9. The van der Waals surface area contributed by atoms with Crippen molar-refractivity contribution in [1.82, 2.24) is 20.8 Å². The minimum Gasteiger partial charge on any atom is -0.357 e. The molecule has 10 heteroatoms. The number of hydrogen-bond donors (Lipinski definition) is 2. The molecule has 0 radical (unpaired) electrons. The SMILES string of the molecule is CCNC(=NCCc1nc(C(C)C)no1)NC(C)c1cccc(C(F)(F)F)c1.I. The van der Waals surface area contributed by atoms with Gasteiger partial charge in [0.2, 0.25) is 5.89 Å². The molecule has 6 nitrogen and oxygen atoms in total. The molecule has 0 aliphatic rings. The minimum absolute atomic E-state index is 0. The molecule has 2 N–H and O–H groups in total. The van der Waals surface area contributed by atoms with Gasteiger partial charge >= 0.3 is 6.18 Å². The second kappa shape index (κ2) is 11.4. The van der Waals surface area contributed by atoms with E-state index in [1.807, 2.05) is 20.8 Å². The second-order valence-corrected chi connectivity index (χ2v) is 6.70. The maximum atomic E-state index is 12.9. The van der Waals surface area contributed by atoms with Crippen molar-refractivity contribution in [3.05, 3.63) is 47.1 Å². The molecule has 0 saturated heterocycles. The molecule has 0 fully saturated rings. The van der Waals surface area contributed by atoms with Crippen molar-refractivity contribution >= 4 is 29.9 Å². The molecule has 1 atom stereocenters. The fraction of sp³-hybridized carbons (Fsp3) is 0.526. The molecule has 0 aliphatic carbocycles. The summed E-state index contributed by atoms with van der Waals surface area (Å²) in [5.41, 5.74) is -0.142. The lowest BCUT2D eigenvalue weighted by atomic mass is 10.1. The lowest BCUT2D eigenvalue weighted by molar-refractivity contribution is -0.137. The Labute approximate surface area is 185 Å². The van der Waals surface area contributed by atoms with Crippen LogP contribution in [0.1, 0.15) is 62.5 Å². The number of guanidine groups is 1. The first-order valence-electron chi connectivity index (χ1n) is 9.25. The average Bonchev–Trinajstić information content (AvgIpc) is 3.10. The van der Waals surface area contributed by atoms with Gasteiger partial charge in [-0.3, -0.25) is 4.99 Å². The van der Waals surface area contributed by atoms with Gasteiger partial charge in [-0.15, -0.1) is 24.0 Å². The van der Waals surface area contributed by atoms with Crippen molar-refractivity contribution < 1.29 is 17.7 Å². The van der Waals surface area contributed by atoms with Crippen LogP contribution in [0.15, 0.2) is 33.8 Å². The van der Waals surface area contributed by atoms with Gasteiger partial charge in [0.15, 0.2) is 11.8 Å². The maximum Gasteiger partial charge on any atom is 0.416 e. The van der Waals surface area contributed by atoms with Crippen molar-refractivity contribution in [2.24, 2.45) is 4.99 Å². The summed E-state index contributed by atoms with van der Waals surface area (Å²) in [6, 6.07) is 4.92. The van der Waals surface area contributed by atoms with Crippen molar-refractivity contribution in [3.8, 4) is 0 Å². The smallest absolute Gasteiger partial charge is 0.357 e. The molecule has 162 valence electrons. The van der Waals surface area contributed by atoms with Gasteiger partial charge in [0, 0.05) is 18.9 Å². The highest BCUT2D eigenvalue weighted by Crippen LogP contribution is 2.30. The molecule has 2 rings (SSSR count). The minimum atomic E-state index is -4.37. The molecule has 0 amide bonds. The highest BCUT2D eigenvalue weighted by atomic mass is 127. The molecule has 29 heavy (non-hydrogen) atoms. The molecular weight excluding hydrogens is 498 g/mol. The Morgan fingerprint density at radius 1 is 1.24 bits per heavy atom. The fourth-order valence-corrected chi connectivity index (χ4v) is 2.46. The Hall–Kier alpha value is -1.85. The summed E-state index contributed by atoms with van der Waals surface area (Å²) in [5.74, 6) is 1.86. The number of nitrogens with one attached hydrogen (secondary N) is 2. The van der Waals surface area contributed by atoms with Crippen LogP contribution >= 0.6 is 24.0 Å². The van der Waals surface area contributed by atoms with E-state index < -0.39 is 11.7 Å². The topological polar surface area (TPSA) is 75.3 Å². The molecule has 2 aromatic rings. The van der Waals surface area contributed by atoms with E-state index in [1.54, 1.807) is 13.0 Å². The number of benzene rings is 1. The van der Waals surface area contributed by atoms with Crippen LogP contribution in [0, 0.1) is 0 Å². The van der Waals surface area contributed by atoms with Crippen LogP contribution in [0.5, 0.6) is 0 Å². The maximum absolute atomic E-state index is 12.9. The van der Waals surface area contributed by atoms with Crippen LogP contribution in [-0.2, 0) is 12.6 Å². The molecule has 0 saturated carbocycles. The number of halogens is 4. The first kappa shape index (κ1) is 25.2. The Kier molecular flexibility index (Phi) is 9.87. The van der Waals surface area contributed by atoms with Crippen LogP contribution in [0.25, 0.3) is 0 Å². The Morgan fingerprint density at radius 3 is 2.55 bits per heavy atom. The first-order chi connectivity index (χ1) is 13.2. The highest BCUT2D eigenvalue weighted by molar-refractivity contribution is 14.0. The predicted molar refractivity (Wildman–Crippen MR) is 116 cm³/mol. The van der Waals surface area contributed by atoms with Gasteiger partial charge in [0.25, 0.3) is 0 Å². The number of hydrogen-bond acceptors (Lipinski definition) is 4. The van der Waals surface area contributed by atoms with E-state index in [2.05, 4.69) is 25.8 Å². The monoisotopic (exact) mass is 525 g/mol. The average molecular weight is 525 g/mol. The summed E-state index contributed by atoms with van der Waals surface area (Å²) in [5, 5.41) is 10.1. The Bertz CT molecular complexity index is 792. The molecule has 0 bridgehead atoms. The third-order valence-electron chi connectivity index (χ3n) is 4.01. The Balaban J connectivity index is 0.00000420. The first-order valence-corrected chi connectivity index (χ1v) is 9.25. The number of alkyl halides is 3. The molecule has 1 heterocycles. The van der Waals surface area contributed by atoms with Crippen molar-refractivity contribution in [2.75, 3.05) is 13.1 Å². The lowest BCUT2D eigenvalue weighted by Crippen LogP contribution is -2.39. The Morgan fingerprint density at radius 2 is 1.97 bits per heavy atom. The van der Waals surface area contributed by atoms with Crippen LogP contribution < -0.4 is 10.6 Å². The molecule has 0 spiro atoms. The summed E-state index contributed by atoms with van der Waals surface area (Å²) < 4.78 is 43.9. The largest absolute Gasteiger partial charge is 0.416 e. The lowest BCUT2D eigenvalue weighted by Gasteiger charge is -2.19. The third-order valence-corrected chi connectivity index (χ3v) is 4.01. The van der Waals surface area contributed by atoms with Crippen molar-refractivity contribution in [2.45, 2.75) is 52.3 Å². The number of rotatable bonds is 7. The van der Waals surface area contributed by atoms with Crippen molar-refractivity contribution in [3.63, 3.8) is 0 Å². The van der Waals surface area contributed by atoms with E-state index in [-0.39, 0.29) is 35.9 Å². The molecule has 1 unspecified atom stereocenters. The summed E-state index contributed by atoms with van der Waals surface area (Å²) >= 11 is 0. The van der Waals surface area contributed by atoms with E-state index in [0.717, 1.165) is 12.1 Å². The summed E-state index contributed by atoms with van der Waals surface area (Å²) in [4.78, 5) is 8.74. The van der Waals surface area contributed by atoms with Gasteiger partial charge < -0.3 is 15.2 Å². The van der Waals surface area contributed by atoms with Crippen LogP contribution in [0.4, 0.5) is 13.2 Å². The van der Waals surface area contributed by atoms with Crippen molar-refractivity contribution in [1.29, 1.82) is 0 Å². The van der Waals surface area contributed by atoms with Gasteiger partial charge in [-0.1, -0.05) is 31.1 Å². The van der Waals surface area contributed by atoms with Gasteiger partial charge in [0.05, 0.1) is 18.2 Å². The zero-order chi connectivity index (χ0) is 20.7. The van der Waals surface area contributed by atoms with E-state index in [4.69, 9.17) is 4.52 Å². The highest BCUT2D eigenvalue weighted by Gasteiger charge is 2.30. The zero-order valence-corrected chi connectivity index (χ0v) is 19.2. The fourth-order valence-electron chi connectivity index (χ4n) is 2.46. The predicted octanol–water partition coefficient (Wildman–Crippen LogP) is 4.69. The van der Waals surface area contributed by atoms with Crippen LogP contribution in [0.3, 0.4) is 0 Å². The van der Waals surface area contributed by atoms with E-state index in [0.29, 0.717) is 42.7 Å². The summed E-state index contributed by atoms with van der Waals surface area (Å²) in [6.07, 6.45) is -3.89. The third kappa shape index (κ3) is 7.82. The van der Waals surface area contributed by atoms with E-state index in [9.17, 15) is 13.2 Å². The van der Waals surface area contributed by atoms with Gasteiger partial charge in [-0.05, 0) is 31.5 Å². The van der Waals surface area contributed by atoms with Crippen LogP contribution in [0.2, 0.25) is 0 Å². The number of aliphatic imine (C=N–C) groups is 1. The van der Waals surface area contributed by atoms with Gasteiger partial charge in [0.1, 0.15) is 0 Å². The summed E-state index contributed by atoms with van der Waals surface area (Å²) in [7, 11) is 0. The van der Waals surface area contributed by atoms with E-state index >= 15 is 0 Å². The quantitative estimate of drug-likeness (QED) is 0.312. The number of nitrogens with zero attached hydrogens (tertiary/aromatic N) is 3. The van der Waals surface area contributed by atoms with Gasteiger partial charge in [-0.2, -0.15) is 18.2 Å². The van der Waals surface area contributed by atoms with Crippen LogP contribution in [-0.4, -0.2) is 29.2 Å².